The van der Waals surface area contributed by atoms with Gasteiger partial charge in [-0.05, 0) is 52.7 Å². The van der Waals surface area contributed by atoms with E-state index in [4.69, 9.17) is 18.0 Å². The van der Waals surface area contributed by atoms with Gasteiger partial charge in [-0.15, -0.1) is 0 Å². The summed E-state index contributed by atoms with van der Waals surface area (Å²) in [4.78, 5) is 4.05. The molecule has 0 aliphatic heterocycles. The normalized spacial score (nSPS) is 11.6. The third kappa shape index (κ3) is 5.61. The van der Waals surface area contributed by atoms with Crippen LogP contribution in [-0.4, -0.2) is 21.3 Å². The smallest absolute Gasteiger partial charge is 0.375 e. The predicted molar refractivity (Wildman–Crippen MR) is 111 cm³/mol. The molecule has 0 atom stereocenters. The van der Waals surface area contributed by atoms with Crippen LogP contribution in [0, 0.1) is 0 Å². The second-order valence-electron chi connectivity index (χ2n) is 6.20. The molecule has 0 aliphatic carbocycles. The summed E-state index contributed by atoms with van der Waals surface area (Å²) in [5.74, 6) is 0. The fraction of sp³-hybridized carbons (Fsp3) is 0.0952. The van der Waals surface area contributed by atoms with E-state index >= 15 is 0 Å². The number of aromatic nitrogens is 1. The van der Waals surface area contributed by atoms with Gasteiger partial charge in [0.15, 0.2) is 5.11 Å². The number of pyridine rings is 1. The van der Waals surface area contributed by atoms with E-state index in [-0.39, 0.29) is 5.11 Å². The average molecular weight is 414 g/mol. The van der Waals surface area contributed by atoms with Crippen molar-refractivity contribution in [2.75, 3.05) is 0 Å². The van der Waals surface area contributed by atoms with Crippen molar-refractivity contribution in [1.82, 2.24) is 9.99 Å². The van der Waals surface area contributed by atoms with Crippen LogP contribution in [0.4, 0.5) is 13.2 Å². The van der Waals surface area contributed by atoms with Crippen molar-refractivity contribution in [2.24, 2.45) is 10.8 Å². The molecule has 148 valence electrons. The molecule has 4 nitrogen and oxygen atoms in total. The van der Waals surface area contributed by atoms with Crippen molar-refractivity contribution in [3.05, 3.63) is 89.7 Å². The number of thiocarbonyl (C=S) groups is 1. The molecule has 2 N–H and O–H groups in total. The summed E-state index contributed by atoms with van der Waals surface area (Å²) in [6, 6.07) is 16.0. The topological polar surface area (TPSA) is 54.5 Å². The highest BCUT2D eigenvalue weighted by molar-refractivity contribution is 7.80. The summed E-state index contributed by atoms with van der Waals surface area (Å²) in [6.45, 7) is 0.392. The van der Waals surface area contributed by atoms with E-state index in [0.717, 1.165) is 28.8 Å². The minimum Gasteiger partial charge on any atom is -0.375 e. The van der Waals surface area contributed by atoms with Crippen LogP contribution in [0.3, 0.4) is 0 Å². The standard InChI is InChI=1S/C21H17F3N4S/c22-21(23,24)19-9-7-18(8-10-19)17-5-3-15(4-6-17)13-27-28(20(25)29)14-16-2-1-11-26-12-16/h1-13H,14H2,(H2,25,29). The van der Waals surface area contributed by atoms with Crippen LogP contribution in [0.15, 0.2) is 78.2 Å². The van der Waals surface area contributed by atoms with E-state index in [1.54, 1.807) is 18.6 Å². The molecule has 0 unspecified atom stereocenters. The SMILES string of the molecule is NC(=S)N(Cc1cccnc1)N=Cc1ccc(-c2ccc(C(F)(F)F)cc2)cc1. The molecule has 1 heterocycles. The second kappa shape index (κ2) is 8.83. The number of halogens is 3. The molecule has 3 rings (SSSR count). The highest BCUT2D eigenvalue weighted by Crippen LogP contribution is 2.31. The second-order valence-corrected chi connectivity index (χ2v) is 6.62. The van der Waals surface area contributed by atoms with E-state index < -0.39 is 11.7 Å². The number of nitrogens with zero attached hydrogens (tertiary/aromatic N) is 3. The van der Waals surface area contributed by atoms with Gasteiger partial charge in [0.25, 0.3) is 0 Å². The molecule has 0 radical (unpaired) electrons. The molecule has 0 spiro atoms. The molecule has 0 saturated heterocycles. The summed E-state index contributed by atoms with van der Waals surface area (Å²) >= 11 is 5.04. The quantitative estimate of drug-likeness (QED) is 0.369. The number of nitrogens with two attached hydrogens (primary N) is 1. The van der Waals surface area contributed by atoms with Crippen LogP contribution in [-0.2, 0) is 12.7 Å². The lowest BCUT2D eigenvalue weighted by molar-refractivity contribution is -0.137. The zero-order chi connectivity index (χ0) is 20.9. The molecule has 0 saturated carbocycles. The van der Waals surface area contributed by atoms with E-state index in [9.17, 15) is 13.2 Å². The number of hydrazone groups is 1. The minimum atomic E-state index is -4.34. The number of alkyl halides is 3. The molecule has 0 fully saturated rings. The number of benzene rings is 2. The first-order valence-corrected chi connectivity index (χ1v) is 9.01. The summed E-state index contributed by atoms with van der Waals surface area (Å²) in [5, 5.41) is 5.93. The van der Waals surface area contributed by atoms with Crippen molar-refractivity contribution in [2.45, 2.75) is 12.7 Å². The summed E-state index contributed by atoms with van der Waals surface area (Å²) in [6.07, 6.45) is 0.659. The Balaban J connectivity index is 1.71. The van der Waals surface area contributed by atoms with Crippen molar-refractivity contribution in [3.8, 4) is 11.1 Å². The Kier molecular flexibility index (Phi) is 6.23. The molecular weight excluding hydrogens is 397 g/mol. The van der Waals surface area contributed by atoms with Crippen LogP contribution in [0.1, 0.15) is 16.7 Å². The van der Waals surface area contributed by atoms with Gasteiger partial charge < -0.3 is 5.73 Å². The fourth-order valence-corrected chi connectivity index (χ4v) is 2.70. The molecule has 0 aliphatic rings. The molecule has 8 heteroatoms. The first kappa shape index (κ1) is 20.5. The Bertz CT molecular complexity index is 985. The largest absolute Gasteiger partial charge is 0.416 e. The van der Waals surface area contributed by atoms with Crippen molar-refractivity contribution >= 4 is 23.5 Å². The Morgan fingerprint density at radius 3 is 2.17 bits per heavy atom. The first-order valence-electron chi connectivity index (χ1n) is 8.60. The summed E-state index contributed by atoms with van der Waals surface area (Å²) in [7, 11) is 0. The molecule has 0 bridgehead atoms. The Hall–Kier alpha value is -3.26. The molecule has 2 aromatic carbocycles. The number of hydrogen-bond acceptors (Lipinski definition) is 3. The maximum atomic E-state index is 12.7. The molecule has 1 aromatic heterocycles. The van der Waals surface area contributed by atoms with Gasteiger partial charge in [-0.25, -0.2) is 5.01 Å². The number of rotatable bonds is 5. The molecule has 0 amide bonds. The van der Waals surface area contributed by atoms with Crippen LogP contribution in [0.5, 0.6) is 0 Å². The lowest BCUT2D eigenvalue weighted by atomic mass is 10.0. The zero-order valence-electron chi connectivity index (χ0n) is 15.2. The van der Waals surface area contributed by atoms with Gasteiger partial charge >= 0.3 is 6.18 Å². The molecule has 29 heavy (non-hydrogen) atoms. The monoisotopic (exact) mass is 414 g/mol. The lowest BCUT2D eigenvalue weighted by Gasteiger charge is -2.16. The van der Waals surface area contributed by atoms with E-state index in [2.05, 4.69) is 10.1 Å². The maximum Gasteiger partial charge on any atom is 0.416 e. The van der Waals surface area contributed by atoms with Crippen molar-refractivity contribution < 1.29 is 13.2 Å². The molecular formula is C21H17F3N4S. The average Bonchev–Trinajstić information content (AvgIpc) is 2.71. The minimum absolute atomic E-state index is 0.131. The van der Waals surface area contributed by atoms with Gasteiger partial charge in [0.2, 0.25) is 0 Å². The third-order valence-electron chi connectivity index (χ3n) is 4.11. The van der Waals surface area contributed by atoms with E-state index in [1.807, 2.05) is 36.4 Å². The van der Waals surface area contributed by atoms with Gasteiger partial charge in [-0.1, -0.05) is 42.5 Å². The van der Waals surface area contributed by atoms with Gasteiger partial charge in [-0.3, -0.25) is 4.98 Å². The molecule has 3 aromatic rings. The van der Waals surface area contributed by atoms with E-state index in [1.165, 1.54) is 17.1 Å². The predicted octanol–water partition coefficient (Wildman–Crippen LogP) is 4.85. The maximum absolute atomic E-state index is 12.7. The van der Waals surface area contributed by atoms with Crippen LogP contribution in [0.2, 0.25) is 0 Å². The van der Waals surface area contributed by atoms with Crippen molar-refractivity contribution in [1.29, 1.82) is 0 Å². The van der Waals surface area contributed by atoms with E-state index in [0.29, 0.717) is 12.1 Å². The highest BCUT2D eigenvalue weighted by atomic mass is 32.1. The summed E-state index contributed by atoms with van der Waals surface area (Å²) < 4.78 is 38.0. The summed E-state index contributed by atoms with van der Waals surface area (Å²) in [5.41, 5.74) is 8.28. The Labute approximate surface area is 171 Å². The van der Waals surface area contributed by atoms with Crippen molar-refractivity contribution in [3.63, 3.8) is 0 Å². The highest BCUT2D eigenvalue weighted by Gasteiger charge is 2.29. The van der Waals surface area contributed by atoms with Crippen LogP contribution in [0.25, 0.3) is 11.1 Å². The number of hydrogen-bond donors (Lipinski definition) is 1. The van der Waals surface area contributed by atoms with Gasteiger partial charge in [-0.2, -0.15) is 18.3 Å². The van der Waals surface area contributed by atoms with Gasteiger partial charge in [0.05, 0.1) is 18.3 Å². The van der Waals surface area contributed by atoms with Crippen LogP contribution < -0.4 is 5.73 Å². The Morgan fingerprint density at radius 2 is 1.66 bits per heavy atom. The zero-order valence-corrected chi connectivity index (χ0v) is 16.0. The van der Waals surface area contributed by atoms with Crippen LogP contribution >= 0.6 is 12.2 Å². The lowest BCUT2D eigenvalue weighted by Crippen LogP contribution is -2.30. The van der Waals surface area contributed by atoms with Gasteiger partial charge in [0.1, 0.15) is 0 Å². The third-order valence-corrected chi connectivity index (χ3v) is 4.32. The van der Waals surface area contributed by atoms with Gasteiger partial charge in [0, 0.05) is 12.4 Å². The Morgan fingerprint density at radius 1 is 1.03 bits per heavy atom. The fourth-order valence-electron chi connectivity index (χ4n) is 2.59. The first-order chi connectivity index (χ1) is 13.8.